The molecule has 0 bridgehead atoms. The van der Waals surface area contributed by atoms with Crippen LogP contribution in [0.5, 0.6) is 5.75 Å². The van der Waals surface area contributed by atoms with Crippen LogP contribution < -0.4 is 4.74 Å². The lowest BCUT2D eigenvalue weighted by atomic mass is 10.0. The fourth-order valence-electron chi connectivity index (χ4n) is 4.01. The molecule has 0 aliphatic carbocycles. The van der Waals surface area contributed by atoms with Crippen molar-refractivity contribution in [2.24, 2.45) is 0 Å². The summed E-state index contributed by atoms with van der Waals surface area (Å²) in [4.78, 5) is 30.8. The Bertz CT molecular complexity index is 1180. The lowest BCUT2D eigenvalue weighted by Gasteiger charge is -2.37. The fourth-order valence-corrected chi connectivity index (χ4v) is 5.07. The van der Waals surface area contributed by atoms with Gasteiger partial charge in [-0.05, 0) is 65.9 Å². The van der Waals surface area contributed by atoms with Gasteiger partial charge in [0.25, 0.3) is 5.91 Å². The first kappa shape index (κ1) is 24.0. The fraction of sp³-hybridized carbons (Fsp3) is 0.231. The van der Waals surface area contributed by atoms with Crippen LogP contribution in [0.25, 0.3) is 0 Å². The van der Waals surface area contributed by atoms with Crippen LogP contribution in [0, 0.1) is 5.82 Å². The molecular weight excluding hydrogens is 475 g/mol. The van der Waals surface area contributed by atoms with Crippen LogP contribution in [0.15, 0.2) is 72.6 Å². The summed E-state index contributed by atoms with van der Waals surface area (Å²) in [7, 11) is 0. The van der Waals surface area contributed by atoms with Crippen molar-refractivity contribution >= 4 is 34.8 Å². The molecule has 0 fully saturated rings. The summed E-state index contributed by atoms with van der Waals surface area (Å²) >= 11 is 7.63. The van der Waals surface area contributed by atoms with Crippen molar-refractivity contribution in [2.75, 3.05) is 26.2 Å². The van der Waals surface area contributed by atoms with Crippen LogP contribution in [0.1, 0.15) is 26.8 Å². The van der Waals surface area contributed by atoms with E-state index < -0.39 is 11.7 Å². The average Bonchev–Trinajstić information content (AvgIpc) is 3.32. The van der Waals surface area contributed by atoms with Crippen molar-refractivity contribution < 1.29 is 18.7 Å². The maximum Gasteiger partial charge on any atom is 0.254 e. The van der Waals surface area contributed by atoms with E-state index in [1.54, 1.807) is 46.6 Å². The van der Waals surface area contributed by atoms with Crippen LogP contribution in [0.4, 0.5) is 4.39 Å². The molecule has 0 N–H and O–H groups in total. The number of carbonyl (C=O) groups excluding carboxylic acids is 2. The van der Waals surface area contributed by atoms with Gasteiger partial charge in [-0.15, -0.1) is 17.9 Å². The summed E-state index contributed by atoms with van der Waals surface area (Å²) in [6.07, 6.45) is 2.30. The molecule has 5 nitrogen and oxygen atoms in total. The van der Waals surface area contributed by atoms with Gasteiger partial charge in [0.05, 0.1) is 6.04 Å². The Morgan fingerprint density at radius 1 is 1.24 bits per heavy atom. The molecule has 0 radical (unpaired) electrons. The minimum Gasteiger partial charge on any atom is -0.491 e. The molecule has 2 heterocycles. The summed E-state index contributed by atoms with van der Waals surface area (Å²) in [5.41, 5.74) is 1.25. The number of benzene rings is 2. The molecule has 176 valence electrons. The van der Waals surface area contributed by atoms with Crippen LogP contribution in [-0.4, -0.2) is 47.9 Å². The number of carbonyl (C=O) groups is 2. The number of hydrogen-bond donors (Lipinski definition) is 0. The maximum atomic E-state index is 13.7. The average molecular weight is 499 g/mol. The first-order valence-electron chi connectivity index (χ1n) is 10.9. The van der Waals surface area contributed by atoms with Gasteiger partial charge in [-0.25, -0.2) is 4.39 Å². The van der Waals surface area contributed by atoms with Crippen molar-refractivity contribution in [3.05, 3.63) is 99.5 Å². The van der Waals surface area contributed by atoms with E-state index in [9.17, 15) is 14.0 Å². The zero-order valence-electron chi connectivity index (χ0n) is 18.5. The molecule has 0 spiro atoms. The quantitative estimate of drug-likeness (QED) is 0.392. The lowest BCUT2D eigenvalue weighted by Crippen LogP contribution is -2.47. The van der Waals surface area contributed by atoms with Crippen molar-refractivity contribution in [1.29, 1.82) is 0 Å². The number of amides is 2. The first-order chi connectivity index (χ1) is 16.5. The zero-order chi connectivity index (χ0) is 24.1. The number of nitrogens with zero attached hydrogens (tertiary/aromatic N) is 2. The Balaban J connectivity index is 1.52. The molecule has 1 aromatic heterocycles. The molecule has 34 heavy (non-hydrogen) atoms. The molecule has 8 heteroatoms. The molecule has 0 saturated carbocycles. The van der Waals surface area contributed by atoms with Crippen molar-refractivity contribution in [3.63, 3.8) is 0 Å². The van der Waals surface area contributed by atoms with E-state index in [-0.39, 0.29) is 37.2 Å². The molecule has 1 atom stereocenters. The van der Waals surface area contributed by atoms with Gasteiger partial charge in [0.1, 0.15) is 24.7 Å². The van der Waals surface area contributed by atoms with E-state index in [1.165, 1.54) is 34.0 Å². The van der Waals surface area contributed by atoms with Gasteiger partial charge in [-0.1, -0.05) is 23.7 Å². The highest BCUT2D eigenvalue weighted by Crippen LogP contribution is 2.34. The Kier molecular flexibility index (Phi) is 7.65. The zero-order valence-corrected chi connectivity index (χ0v) is 20.0. The topological polar surface area (TPSA) is 49.9 Å². The smallest absolute Gasteiger partial charge is 0.254 e. The molecule has 0 saturated heterocycles. The Hall–Kier alpha value is -3.16. The predicted octanol–water partition coefficient (Wildman–Crippen LogP) is 5.37. The third kappa shape index (κ3) is 5.48. The summed E-state index contributed by atoms with van der Waals surface area (Å²) in [5, 5.41) is 2.64. The highest BCUT2D eigenvalue weighted by molar-refractivity contribution is 7.10. The van der Waals surface area contributed by atoms with Crippen molar-refractivity contribution in [3.8, 4) is 5.75 Å². The highest BCUT2D eigenvalue weighted by atomic mass is 35.5. The minimum atomic E-state index is -0.504. The van der Waals surface area contributed by atoms with Gasteiger partial charge in [0.15, 0.2) is 0 Å². The second-order valence-corrected chi connectivity index (χ2v) is 9.34. The SMILES string of the molecule is C=CCN(CC(=O)N1CCc2sccc2[C@H]1COc1ccc(Cl)cc1)C(=O)c1cccc(F)c1. The third-order valence-corrected chi connectivity index (χ3v) is 6.92. The van der Waals surface area contributed by atoms with Crippen LogP contribution in [0.2, 0.25) is 5.02 Å². The third-order valence-electron chi connectivity index (χ3n) is 5.67. The predicted molar refractivity (Wildman–Crippen MR) is 132 cm³/mol. The van der Waals surface area contributed by atoms with Crippen LogP contribution >= 0.6 is 22.9 Å². The summed E-state index contributed by atoms with van der Waals surface area (Å²) in [6, 6.07) is 14.3. The normalized spacial score (nSPS) is 14.9. The van der Waals surface area contributed by atoms with Gasteiger partial charge in [-0.3, -0.25) is 9.59 Å². The standard InChI is InChI=1S/C26H24ClFN2O3S/c1-2-12-29(26(32)18-4-3-5-20(28)15-18)16-25(31)30-13-10-24-22(11-14-34-24)23(30)17-33-21-8-6-19(27)7-9-21/h2-9,11,14-15,23H,1,10,12-13,16-17H2/t23-/m1/s1. The molecule has 2 amide bonds. The monoisotopic (exact) mass is 498 g/mol. The second kappa shape index (κ2) is 10.8. The number of hydrogen-bond acceptors (Lipinski definition) is 4. The van der Waals surface area contributed by atoms with Crippen molar-refractivity contribution in [2.45, 2.75) is 12.5 Å². The van der Waals surface area contributed by atoms with Crippen LogP contribution in [0.3, 0.4) is 0 Å². The Morgan fingerprint density at radius 2 is 2.03 bits per heavy atom. The minimum absolute atomic E-state index is 0.141. The largest absolute Gasteiger partial charge is 0.491 e. The maximum absolute atomic E-state index is 13.7. The molecule has 0 unspecified atom stereocenters. The molecule has 2 aromatic carbocycles. The first-order valence-corrected chi connectivity index (χ1v) is 12.1. The van der Waals surface area contributed by atoms with Crippen molar-refractivity contribution in [1.82, 2.24) is 9.80 Å². The van der Waals surface area contributed by atoms with Gasteiger partial charge < -0.3 is 14.5 Å². The number of thiophene rings is 1. The van der Waals surface area contributed by atoms with E-state index >= 15 is 0 Å². The lowest BCUT2D eigenvalue weighted by molar-refractivity contribution is -0.135. The molecule has 4 rings (SSSR count). The van der Waals surface area contributed by atoms with E-state index in [4.69, 9.17) is 16.3 Å². The molecule has 1 aliphatic rings. The summed E-state index contributed by atoms with van der Waals surface area (Å²) in [6.45, 7) is 4.53. The van der Waals surface area contributed by atoms with Gasteiger partial charge in [0, 0.05) is 28.6 Å². The molecular formula is C26H24ClFN2O3S. The van der Waals surface area contributed by atoms with Gasteiger partial charge in [0.2, 0.25) is 5.91 Å². The summed E-state index contributed by atoms with van der Waals surface area (Å²) < 4.78 is 19.7. The molecule has 1 aliphatic heterocycles. The number of rotatable bonds is 8. The molecule has 3 aromatic rings. The van der Waals surface area contributed by atoms with Gasteiger partial charge >= 0.3 is 0 Å². The van der Waals surface area contributed by atoms with E-state index in [1.807, 2.05) is 11.4 Å². The van der Waals surface area contributed by atoms with E-state index in [2.05, 4.69) is 6.58 Å². The Labute approximate surface area is 207 Å². The highest BCUT2D eigenvalue weighted by Gasteiger charge is 2.33. The number of ether oxygens (including phenoxy) is 1. The number of fused-ring (bicyclic) bond motifs is 1. The second-order valence-electron chi connectivity index (χ2n) is 7.90. The van der Waals surface area contributed by atoms with Crippen LogP contribution in [-0.2, 0) is 11.2 Å². The van der Waals surface area contributed by atoms with Gasteiger partial charge in [-0.2, -0.15) is 0 Å². The number of halogens is 2. The van der Waals surface area contributed by atoms with E-state index in [0.717, 1.165) is 12.0 Å². The Morgan fingerprint density at radius 3 is 2.76 bits per heavy atom. The van der Waals surface area contributed by atoms with E-state index in [0.29, 0.717) is 17.3 Å². The summed E-state index contributed by atoms with van der Waals surface area (Å²) in [5.74, 6) is -0.465.